The van der Waals surface area contributed by atoms with Crippen molar-refractivity contribution in [3.8, 4) is 0 Å². The zero-order valence-corrected chi connectivity index (χ0v) is 7.21. The first-order chi connectivity index (χ1) is 6.60. The first kappa shape index (κ1) is 10.5. The quantitative estimate of drug-likeness (QED) is 0.711. The molecule has 0 aliphatic rings. The van der Waals surface area contributed by atoms with Crippen LogP contribution in [0.1, 0.15) is 28.0 Å². The smallest absolute Gasteiger partial charge is 0.266 e. The van der Waals surface area contributed by atoms with Crippen LogP contribution in [0.25, 0.3) is 0 Å². The number of pyridine rings is 1. The SMILES string of the molecule is NCc1nc(N)cc(C=O)c1C(F)F. The number of carbonyl (C=O) groups is 1. The van der Waals surface area contributed by atoms with E-state index in [1.807, 2.05) is 0 Å². The third-order valence-corrected chi connectivity index (χ3v) is 1.73. The zero-order chi connectivity index (χ0) is 10.7. The highest BCUT2D eigenvalue weighted by Gasteiger charge is 2.18. The van der Waals surface area contributed by atoms with Gasteiger partial charge in [0.25, 0.3) is 6.43 Å². The van der Waals surface area contributed by atoms with Gasteiger partial charge in [-0.1, -0.05) is 0 Å². The summed E-state index contributed by atoms with van der Waals surface area (Å²) in [6, 6.07) is 1.10. The maximum absolute atomic E-state index is 12.5. The number of hydrogen-bond acceptors (Lipinski definition) is 4. The van der Waals surface area contributed by atoms with Gasteiger partial charge in [0.15, 0.2) is 6.29 Å². The van der Waals surface area contributed by atoms with Crippen molar-refractivity contribution in [3.05, 3.63) is 22.9 Å². The molecule has 1 aromatic heterocycles. The minimum absolute atomic E-state index is 0.0111. The first-order valence-electron chi connectivity index (χ1n) is 3.82. The molecule has 4 nitrogen and oxygen atoms in total. The summed E-state index contributed by atoms with van der Waals surface area (Å²) < 4.78 is 25.0. The normalized spacial score (nSPS) is 10.6. The molecule has 0 aromatic carbocycles. The average molecular weight is 201 g/mol. The summed E-state index contributed by atoms with van der Waals surface area (Å²) in [6.45, 7) is -0.175. The molecular formula is C8H9F2N3O. The fourth-order valence-corrected chi connectivity index (χ4v) is 1.16. The summed E-state index contributed by atoms with van der Waals surface area (Å²) in [4.78, 5) is 14.1. The van der Waals surface area contributed by atoms with Crippen LogP contribution in [0.2, 0.25) is 0 Å². The highest BCUT2D eigenvalue weighted by Crippen LogP contribution is 2.25. The number of hydrogen-bond donors (Lipinski definition) is 2. The highest BCUT2D eigenvalue weighted by atomic mass is 19.3. The monoisotopic (exact) mass is 201 g/mol. The standard InChI is InChI=1S/C8H9F2N3O/c9-8(10)7-4(3-14)1-6(12)13-5(7)2-11/h1,3,8H,2,11H2,(H2,12,13). The number of nitrogens with two attached hydrogens (primary N) is 2. The topological polar surface area (TPSA) is 82.0 Å². The molecule has 76 valence electrons. The van der Waals surface area contributed by atoms with E-state index in [1.54, 1.807) is 0 Å². The number of aromatic nitrogens is 1. The fourth-order valence-electron chi connectivity index (χ4n) is 1.16. The van der Waals surface area contributed by atoms with Crippen LogP contribution in [0.4, 0.5) is 14.6 Å². The average Bonchev–Trinajstić information content (AvgIpc) is 2.15. The largest absolute Gasteiger partial charge is 0.384 e. The van der Waals surface area contributed by atoms with E-state index < -0.39 is 12.0 Å². The number of anilines is 1. The molecule has 4 N–H and O–H groups in total. The Morgan fingerprint density at radius 3 is 2.64 bits per heavy atom. The lowest BCUT2D eigenvalue weighted by atomic mass is 10.1. The van der Waals surface area contributed by atoms with E-state index in [0.29, 0.717) is 6.29 Å². The Morgan fingerprint density at radius 1 is 1.57 bits per heavy atom. The molecule has 6 heteroatoms. The van der Waals surface area contributed by atoms with Crippen LogP contribution in [-0.4, -0.2) is 11.3 Å². The molecule has 14 heavy (non-hydrogen) atoms. The van der Waals surface area contributed by atoms with Crippen LogP contribution in [0, 0.1) is 0 Å². The van der Waals surface area contributed by atoms with Gasteiger partial charge in [0.2, 0.25) is 0 Å². The van der Waals surface area contributed by atoms with E-state index in [1.165, 1.54) is 0 Å². The number of halogens is 2. The third-order valence-electron chi connectivity index (χ3n) is 1.73. The van der Waals surface area contributed by atoms with Crippen molar-refractivity contribution in [2.75, 3.05) is 5.73 Å². The number of carbonyl (C=O) groups excluding carboxylic acids is 1. The van der Waals surface area contributed by atoms with E-state index in [-0.39, 0.29) is 23.6 Å². The fraction of sp³-hybridized carbons (Fsp3) is 0.250. The van der Waals surface area contributed by atoms with Crippen LogP contribution in [0.5, 0.6) is 0 Å². The van der Waals surface area contributed by atoms with Crippen molar-refractivity contribution in [1.82, 2.24) is 4.98 Å². The maximum atomic E-state index is 12.5. The summed E-state index contributed by atoms with van der Waals surface area (Å²) in [5.41, 5.74) is 9.89. The molecule has 0 aliphatic heterocycles. The molecule has 0 radical (unpaired) electrons. The number of aldehydes is 1. The Kier molecular flexibility index (Phi) is 3.08. The Labute approximate surface area is 78.9 Å². The Balaban J connectivity index is 3.40. The van der Waals surface area contributed by atoms with Crippen molar-refractivity contribution in [2.24, 2.45) is 5.73 Å². The molecule has 0 fully saturated rings. The van der Waals surface area contributed by atoms with Crippen molar-refractivity contribution < 1.29 is 13.6 Å². The van der Waals surface area contributed by atoms with Crippen LogP contribution >= 0.6 is 0 Å². The maximum Gasteiger partial charge on any atom is 0.266 e. The van der Waals surface area contributed by atoms with Crippen molar-refractivity contribution in [1.29, 1.82) is 0 Å². The van der Waals surface area contributed by atoms with Crippen LogP contribution in [0.3, 0.4) is 0 Å². The molecule has 1 aromatic rings. The minimum Gasteiger partial charge on any atom is -0.384 e. The first-order valence-corrected chi connectivity index (χ1v) is 3.82. The van der Waals surface area contributed by atoms with Crippen LogP contribution < -0.4 is 11.5 Å². The van der Waals surface area contributed by atoms with Gasteiger partial charge in [-0.3, -0.25) is 4.79 Å². The summed E-state index contributed by atoms with van der Waals surface area (Å²) in [6.07, 6.45) is -2.46. The van der Waals surface area contributed by atoms with E-state index in [9.17, 15) is 13.6 Å². The van der Waals surface area contributed by atoms with E-state index in [4.69, 9.17) is 11.5 Å². The molecule has 0 spiro atoms. The highest BCUT2D eigenvalue weighted by molar-refractivity contribution is 5.79. The van der Waals surface area contributed by atoms with Gasteiger partial charge < -0.3 is 11.5 Å². The molecular weight excluding hydrogens is 192 g/mol. The van der Waals surface area contributed by atoms with E-state index in [2.05, 4.69) is 4.98 Å². The molecule has 0 unspecified atom stereocenters. The van der Waals surface area contributed by atoms with Gasteiger partial charge in [-0.15, -0.1) is 0 Å². The van der Waals surface area contributed by atoms with Crippen molar-refractivity contribution in [3.63, 3.8) is 0 Å². The number of rotatable bonds is 3. The zero-order valence-electron chi connectivity index (χ0n) is 7.21. The van der Waals surface area contributed by atoms with Gasteiger partial charge in [0.05, 0.1) is 11.3 Å². The van der Waals surface area contributed by atoms with E-state index in [0.717, 1.165) is 6.07 Å². The molecule has 0 saturated carbocycles. The van der Waals surface area contributed by atoms with Gasteiger partial charge in [-0.05, 0) is 6.07 Å². The van der Waals surface area contributed by atoms with Gasteiger partial charge in [-0.2, -0.15) is 0 Å². The Morgan fingerprint density at radius 2 is 2.21 bits per heavy atom. The van der Waals surface area contributed by atoms with Gasteiger partial charge >= 0.3 is 0 Å². The number of nitrogen functional groups attached to an aromatic ring is 1. The summed E-state index contributed by atoms with van der Waals surface area (Å²) in [5, 5.41) is 0. The Bertz CT molecular complexity index is 355. The predicted molar refractivity (Wildman–Crippen MR) is 46.9 cm³/mol. The molecule has 0 atom stereocenters. The summed E-state index contributed by atoms with van der Waals surface area (Å²) >= 11 is 0. The lowest BCUT2D eigenvalue weighted by Gasteiger charge is -2.09. The second kappa shape index (κ2) is 4.10. The molecule has 1 heterocycles. The molecule has 0 bridgehead atoms. The summed E-state index contributed by atoms with van der Waals surface area (Å²) in [5.74, 6) is 0.0111. The van der Waals surface area contributed by atoms with Gasteiger partial charge in [0.1, 0.15) is 5.82 Å². The lowest BCUT2D eigenvalue weighted by Crippen LogP contribution is -2.10. The second-order valence-electron chi connectivity index (χ2n) is 2.62. The number of nitrogens with zero attached hydrogens (tertiary/aromatic N) is 1. The molecule has 0 saturated heterocycles. The van der Waals surface area contributed by atoms with E-state index >= 15 is 0 Å². The van der Waals surface area contributed by atoms with Crippen LogP contribution in [0.15, 0.2) is 6.07 Å². The second-order valence-corrected chi connectivity index (χ2v) is 2.62. The third kappa shape index (κ3) is 1.85. The van der Waals surface area contributed by atoms with Gasteiger partial charge in [0, 0.05) is 12.1 Å². The van der Waals surface area contributed by atoms with Gasteiger partial charge in [-0.25, -0.2) is 13.8 Å². The molecule has 0 aliphatic carbocycles. The number of alkyl halides is 2. The molecule has 0 amide bonds. The van der Waals surface area contributed by atoms with Crippen LogP contribution in [-0.2, 0) is 6.54 Å². The van der Waals surface area contributed by atoms with Crippen molar-refractivity contribution in [2.45, 2.75) is 13.0 Å². The molecule has 1 rings (SSSR count). The predicted octanol–water partition coefficient (Wildman–Crippen LogP) is 0.873. The Hall–Kier alpha value is -1.56. The minimum atomic E-state index is -2.78. The summed E-state index contributed by atoms with van der Waals surface area (Å²) in [7, 11) is 0. The lowest BCUT2D eigenvalue weighted by molar-refractivity contribution is 0.110. The van der Waals surface area contributed by atoms with Crippen molar-refractivity contribution >= 4 is 12.1 Å².